The third kappa shape index (κ3) is 4.79. The van der Waals surface area contributed by atoms with Crippen molar-refractivity contribution >= 4 is 5.91 Å². The van der Waals surface area contributed by atoms with E-state index in [9.17, 15) is 14.3 Å². The van der Waals surface area contributed by atoms with Gasteiger partial charge in [-0.05, 0) is 49.4 Å². The van der Waals surface area contributed by atoms with E-state index in [1.807, 2.05) is 6.92 Å². The average molecular weight is 349 g/mol. The highest BCUT2D eigenvalue weighted by Gasteiger charge is 2.19. The second kappa shape index (κ2) is 8.62. The van der Waals surface area contributed by atoms with Crippen LogP contribution in [0.3, 0.4) is 0 Å². The monoisotopic (exact) mass is 349 g/mol. The van der Waals surface area contributed by atoms with E-state index in [0.29, 0.717) is 24.2 Å². The maximum absolute atomic E-state index is 13.2. The number of amides is 1. The fourth-order valence-electron chi connectivity index (χ4n) is 2.79. The number of nitrogens with one attached hydrogen (secondary N) is 1. The molecule has 0 radical (unpaired) electrons. The van der Waals surface area contributed by atoms with Gasteiger partial charge in [0, 0.05) is 13.2 Å². The molecular formula is C18H24FN3O3. The first-order valence-corrected chi connectivity index (χ1v) is 8.40. The van der Waals surface area contributed by atoms with Crippen molar-refractivity contribution in [2.75, 3.05) is 13.2 Å². The summed E-state index contributed by atoms with van der Waals surface area (Å²) < 4.78 is 14.6. The van der Waals surface area contributed by atoms with Crippen LogP contribution in [0.25, 0.3) is 5.69 Å². The Morgan fingerprint density at radius 2 is 2.16 bits per heavy atom. The molecule has 3 N–H and O–H groups in total. The zero-order valence-electron chi connectivity index (χ0n) is 14.5. The molecule has 7 heteroatoms. The van der Waals surface area contributed by atoms with Crippen LogP contribution < -0.4 is 5.32 Å². The van der Waals surface area contributed by atoms with Gasteiger partial charge < -0.3 is 15.5 Å². The summed E-state index contributed by atoms with van der Waals surface area (Å²) in [5.41, 5.74) is 1.14. The Kier molecular flexibility index (Phi) is 6.52. The highest BCUT2D eigenvalue weighted by atomic mass is 19.1. The summed E-state index contributed by atoms with van der Waals surface area (Å²) in [6, 6.07) is 4.19. The van der Waals surface area contributed by atoms with E-state index in [0.717, 1.165) is 12.8 Å². The minimum absolute atomic E-state index is 0.0737. The van der Waals surface area contributed by atoms with Crippen molar-refractivity contribution in [3.8, 4) is 11.4 Å². The smallest absolute Gasteiger partial charge is 0.275 e. The van der Waals surface area contributed by atoms with Gasteiger partial charge in [0.2, 0.25) is 0 Å². The van der Waals surface area contributed by atoms with Gasteiger partial charge in [-0.1, -0.05) is 13.3 Å². The number of carbonyl (C=O) groups is 1. The number of aliphatic hydroxyl groups excluding tert-OH is 1. The van der Waals surface area contributed by atoms with E-state index in [1.165, 1.54) is 29.1 Å². The lowest BCUT2D eigenvalue weighted by molar-refractivity contribution is 0.0935. The normalized spacial score (nSPS) is 12.2. The van der Waals surface area contributed by atoms with Crippen LogP contribution in [0.5, 0.6) is 5.75 Å². The number of halogens is 1. The predicted octanol–water partition coefficient (Wildman–Crippen LogP) is 2.55. The molecule has 0 saturated carbocycles. The Labute approximate surface area is 146 Å². The van der Waals surface area contributed by atoms with Gasteiger partial charge in [-0.3, -0.25) is 4.79 Å². The van der Waals surface area contributed by atoms with E-state index in [-0.39, 0.29) is 29.8 Å². The Hall–Kier alpha value is -2.41. The summed E-state index contributed by atoms with van der Waals surface area (Å²) in [5, 5.41) is 26.0. The largest absolute Gasteiger partial charge is 0.504 e. The van der Waals surface area contributed by atoms with Gasteiger partial charge in [0.25, 0.3) is 5.91 Å². The van der Waals surface area contributed by atoms with Gasteiger partial charge in [0.15, 0.2) is 11.4 Å². The number of carbonyl (C=O) groups excluding carboxylic acids is 1. The van der Waals surface area contributed by atoms with Crippen LogP contribution in [0.1, 0.15) is 42.2 Å². The molecule has 0 bridgehead atoms. The molecule has 0 fully saturated rings. The van der Waals surface area contributed by atoms with E-state index in [2.05, 4.69) is 10.4 Å². The number of hydrogen-bond acceptors (Lipinski definition) is 4. The SMILES string of the molecule is CCCC(CCO)CNC(=O)c1nn(-c2ccc(F)cc2C)cc1O. The quantitative estimate of drug-likeness (QED) is 0.683. The van der Waals surface area contributed by atoms with Gasteiger partial charge in [0.05, 0.1) is 11.9 Å². The second-order valence-corrected chi connectivity index (χ2v) is 6.12. The molecule has 1 aromatic heterocycles. The van der Waals surface area contributed by atoms with Crippen molar-refractivity contribution in [2.24, 2.45) is 5.92 Å². The zero-order valence-corrected chi connectivity index (χ0v) is 14.5. The molecule has 1 atom stereocenters. The lowest BCUT2D eigenvalue weighted by Gasteiger charge is -2.15. The van der Waals surface area contributed by atoms with Gasteiger partial charge in [-0.2, -0.15) is 5.10 Å². The Balaban J connectivity index is 2.12. The third-order valence-corrected chi connectivity index (χ3v) is 4.10. The number of benzene rings is 1. The van der Waals surface area contributed by atoms with Crippen LogP contribution in [0.4, 0.5) is 4.39 Å². The Bertz CT molecular complexity index is 724. The number of rotatable bonds is 8. The topological polar surface area (TPSA) is 87.4 Å². The second-order valence-electron chi connectivity index (χ2n) is 6.12. The van der Waals surface area contributed by atoms with E-state index >= 15 is 0 Å². The first-order valence-electron chi connectivity index (χ1n) is 8.40. The average Bonchev–Trinajstić information content (AvgIpc) is 2.94. The van der Waals surface area contributed by atoms with Gasteiger partial charge >= 0.3 is 0 Å². The number of aryl methyl sites for hydroxylation is 1. The Morgan fingerprint density at radius 3 is 2.80 bits per heavy atom. The first kappa shape index (κ1) is 18.9. The molecule has 1 heterocycles. The first-order chi connectivity index (χ1) is 12.0. The molecule has 0 aliphatic carbocycles. The molecule has 1 amide bonds. The van der Waals surface area contributed by atoms with Crippen molar-refractivity contribution in [1.82, 2.24) is 15.1 Å². The molecule has 0 saturated heterocycles. The summed E-state index contributed by atoms with van der Waals surface area (Å²) in [5.74, 6) is -0.894. The number of nitrogens with zero attached hydrogens (tertiary/aromatic N) is 2. The van der Waals surface area contributed by atoms with Crippen LogP contribution in [0, 0.1) is 18.7 Å². The van der Waals surface area contributed by atoms with Crippen molar-refractivity contribution in [3.05, 3.63) is 41.5 Å². The maximum Gasteiger partial charge on any atom is 0.275 e. The molecule has 25 heavy (non-hydrogen) atoms. The van der Waals surface area contributed by atoms with Crippen LogP contribution in [0.2, 0.25) is 0 Å². The lowest BCUT2D eigenvalue weighted by Crippen LogP contribution is -2.30. The van der Waals surface area contributed by atoms with Crippen molar-refractivity contribution in [2.45, 2.75) is 33.1 Å². The lowest BCUT2D eigenvalue weighted by atomic mass is 10.0. The van der Waals surface area contributed by atoms with Gasteiger partial charge in [0.1, 0.15) is 5.82 Å². The standard InChI is InChI=1S/C18H24FN3O3/c1-3-4-13(7-8-23)10-20-18(25)17-16(24)11-22(21-17)15-6-5-14(19)9-12(15)2/h5-6,9,11,13,23-24H,3-4,7-8,10H2,1-2H3,(H,20,25). The molecule has 0 aliphatic heterocycles. The number of aliphatic hydroxyl groups is 1. The van der Waals surface area contributed by atoms with Gasteiger partial charge in [-0.15, -0.1) is 0 Å². The fraction of sp³-hybridized carbons (Fsp3) is 0.444. The Morgan fingerprint density at radius 1 is 1.40 bits per heavy atom. The molecule has 6 nitrogen and oxygen atoms in total. The summed E-state index contributed by atoms with van der Waals surface area (Å²) in [6.07, 6.45) is 3.80. The summed E-state index contributed by atoms with van der Waals surface area (Å²) in [7, 11) is 0. The highest BCUT2D eigenvalue weighted by molar-refractivity contribution is 5.94. The summed E-state index contributed by atoms with van der Waals surface area (Å²) in [4.78, 5) is 12.3. The van der Waals surface area contributed by atoms with Crippen molar-refractivity contribution in [1.29, 1.82) is 0 Å². The summed E-state index contributed by atoms with van der Waals surface area (Å²) >= 11 is 0. The van der Waals surface area contributed by atoms with Crippen LogP contribution in [-0.2, 0) is 0 Å². The molecule has 0 spiro atoms. The number of aromatic nitrogens is 2. The molecule has 136 valence electrons. The zero-order chi connectivity index (χ0) is 18.4. The molecule has 0 aliphatic rings. The minimum Gasteiger partial charge on any atom is -0.504 e. The van der Waals surface area contributed by atoms with Gasteiger partial charge in [-0.25, -0.2) is 9.07 Å². The predicted molar refractivity (Wildman–Crippen MR) is 92.4 cm³/mol. The van der Waals surface area contributed by atoms with Crippen molar-refractivity contribution < 1.29 is 19.4 Å². The van der Waals surface area contributed by atoms with E-state index in [4.69, 9.17) is 5.11 Å². The molecule has 2 rings (SSSR count). The fourth-order valence-corrected chi connectivity index (χ4v) is 2.79. The van der Waals surface area contributed by atoms with E-state index in [1.54, 1.807) is 6.92 Å². The number of hydrogen-bond donors (Lipinski definition) is 3. The molecular weight excluding hydrogens is 325 g/mol. The highest BCUT2D eigenvalue weighted by Crippen LogP contribution is 2.21. The number of aromatic hydroxyl groups is 1. The van der Waals surface area contributed by atoms with E-state index < -0.39 is 5.91 Å². The van der Waals surface area contributed by atoms with Crippen LogP contribution in [0.15, 0.2) is 24.4 Å². The van der Waals surface area contributed by atoms with Crippen LogP contribution in [-0.4, -0.2) is 39.1 Å². The molecule has 2 aromatic rings. The van der Waals surface area contributed by atoms with Crippen molar-refractivity contribution in [3.63, 3.8) is 0 Å². The minimum atomic E-state index is -0.477. The van der Waals surface area contributed by atoms with Crippen LogP contribution >= 0.6 is 0 Å². The molecule has 1 aromatic carbocycles. The molecule has 1 unspecified atom stereocenters. The summed E-state index contributed by atoms with van der Waals surface area (Å²) in [6.45, 7) is 4.26. The maximum atomic E-state index is 13.2. The third-order valence-electron chi connectivity index (χ3n) is 4.10.